The summed E-state index contributed by atoms with van der Waals surface area (Å²) in [4.78, 5) is 19.1. The van der Waals surface area contributed by atoms with Crippen molar-refractivity contribution in [2.45, 2.75) is 19.1 Å². The number of rotatable bonds is 4. The number of pyridine rings is 1. The number of aliphatic hydroxyl groups excluding tert-OH is 1. The first-order chi connectivity index (χ1) is 12.7. The zero-order valence-corrected chi connectivity index (χ0v) is 14.4. The van der Waals surface area contributed by atoms with Crippen LogP contribution in [0.4, 0.5) is 5.82 Å². The van der Waals surface area contributed by atoms with Crippen molar-refractivity contribution in [3.8, 4) is 0 Å². The SMILES string of the molecule is O=C(Nc1nccc2ccccc12)c1ccc(CN2CC[C@H](O)C2)cc1. The molecule has 2 N–H and O–H groups in total. The molecule has 3 aromatic rings. The maximum Gasteiger partial charge on any atom is 0.256 e. The van der Waals surface area contributed by atoms with Crippen LogP contribution in [0.5, 0.6) is 0 Å². The largest absolute Gasteiger partial charge is 0.392 e. The van der Waals surface area contributed by atoms with Crippen LogP contribution in [0.25, 0.3) is 10.8 Å². The van der Waals surface area contributed by atoms with E-state index in [0.29, 0.717) is 11.4 Å². The monoisotopic (exact) mass is 347 g/mol. The van der Waals surface area contributed by atoms with Gasteiger partial charge in [0.1, 0.15) is 5.82 Å². The van der Waals surface area contributed by atoms with Gasteiger partial charge in [-0.15, -0.1) is 0 Å². The van der Waals surface area contributed by atoms with E-state index in [0.717, 1.165) is 42.4 Å². The molecular formula is C21H21N3O2. The highest BCUT2D eigenvalue weighted by atomic mass is 16.3. The van der Waals surface area contributed by atoms with E-state index in [4.69, 9.17) is 0 Å². The van der Waals surface area contributed by atoms with Gasteiger partial charge in [0.15, 0.2) is 0 Å². The molecule has 0 aliphatic carbocycles. The number of aliphatic hydroxyl groups is 1. The van der Waals surface area contributed by atoms with Crippen LogP contribution in [0.1, 0.15) is 22.3 Å². The Bertz CT molecular complexity index is 919. The van der Waals surface area contributed by atoms with Gasteiger partial charge in [-0.05, 0) is 35.6 Å². The number of carbonyl (C=O) groups excluding carboxylic acids is 1. The fourth-order valence-corrected chi connectivity index (χ4v) is 3.37. The molecule has 5 nitrogen and oxygen atoms in total. The number of amides is 1. The molecule has 2 heterocycles. The van der Waals surface area contributed by atoms with Gasteiger partial charge in [0.2, 0.25) is 0 Å². The van der Waals surface area contributed by atoms with E-state index in [1.165, 1.54) is 0 Å². The van der Waals surface area contributed by atoms with Crippen molar-refractivity contribution in [1.29, 1.82) is 0 Å². The summed E-state index contributed by atoms with van der Waals surface area (Å²) in [6.45, 7) is 2.43. The smallest absolute Gasteiger partial charge is 0.256 e. The molecule has 1 aliphatic heterocycles. The van der Waals surface area contributed by atoms with Gasteiger partial charge >= 0.3 is 0 Å². The second kappa shape index (κ2) is 7.23. The van der Waals surface area contributed by atoms with Crippen LogP contribution in [0.2, 0.25) is 0 Å². The van der Waals surface area contributed by atoms with Crippen molar-refractivity contribution < 1.29 is 9.90 Å². The summed E-state index contributed by atoms with van der Waals surface area (Å²) in [5.41, 5.74) is 1.74. The number of nitrogens with one attached hydrogen (secondary N) is 1. The molecule has 0 spiro atoms. The fourth-order valence-electron chi connectivity index (χ4n) is 3.37. The first kappa shape index (κ1) is 16.7. The molecule has 26 heavy (non-hydrogen) atoms. The Kier molecular flexibility index (Phi) is 4.65. The van der Waals surface area contributed by atoms with Gasteiger partial charge in [-0.2, -0.15) is 0 Å². The number of nitrogens with zero attached hydrogens (tertiary/aromatic N) is 2. The zero-order valence-electron chi connectivity index (χ0n) is 14.4. The number of β-amino-alcohol motifs (C(OH)–C–C–N with tert-alkyl or cyclic N) is 1. The second-order valence-electron chi connectivity index (χ2n) is 6.71. The highest BCUT2D eigenvalue weighted by Gasteiger charge is 2.20. The van der Waals surface area contributed by atoms with Crippen LogP contribution in [-0.4, -0.2) is 40.1 Å². The third kappa shape index (κ3) is 3.59. The van der Waals surface area contributed by atoms with Gasteiger partial charge in [-0.25, -0.2) is 4.98 Å². The first-order valence-electron chi connectivity index (χ1n) is 8.83. The van der Waals surface area contributed by atoms with Gasteiger partial charge < -0.3 is 10.4 Å². The second-order valence-corrected chi connectivity index (χ2v) is 6.71. The molecule has 0 radical (unpaired) electrons. The Hall–Kier alpha value is -2.76. The molecule has 1 fully saturated rings. The average molecular weight is 347 g/mol. The summed E-state index contributed by atoms with van der Waals surface area (Å²) < 4.78 is 0. The Morgan fingerprint density at radius 3 is 2.73 bits per heavy atom. The molecule has 1 aromatic heterocycles. The lowest BCUT2D eigenvalue weighted by Crippen LogP contribution is -2.21. The first-order valence-corrected chi connectivity index (χ1v) is 8.83. The summed E-state index contributed by atoms with van der Waals surface area (Å²) in [6, 6.07) is 17.4. The molecule has 2 aromatic carbocycles. The van der Waals surface area contributed by atoms with E-state index in [1.54, 1.807) is 6.20 Å². The van der Waals surface area contributed by atoms with E-state index < -0.39 is 0 Å². The van der Waals surface area contributed by atoms with E-state index in [-0.39, 0.29) is 12.0 Å². The van der Waals surface area contributed by atoms with Crippen LogP contribution in [0, 0.1) is 0 Å². The minimum atomic E-state index is -0.215. The molecule has 1 atom stereocenters. The highest BCUT2D eigenvalue weighted by molar-refractivity contribution is 6.08. The Morgan fingerprint density at radius 1 is 1.15 bits per heavy atom. The van der Waals surface area contributed by atoms with Gasteiger partial charge in [0.05, 0.1) is 6.10 Å². The average Bonchev–Trinajstić information content (AvgIpc) is 3.07. The predicted octanol–water partition coefficient (Wildman–Crippen LogP) is 3.05. The van der Waals surface area contributed by atoms with Gasteiger partial charge in [0.25, 0.3) is 5.91 Å². The number of aromatic nitrogens is 1. The molecule has 0 unspecified atom stereocenters. The molecule has 1 aliphatic rings. The maximum absolute atomic E-state index is 12.6. The summed E-state index contributed by atoms with van der Waals surface area (Å²) in [6.07, 6.45) is 2.32. The van der Waals surface area contributed by atoms with E-state index in [2.05, 4.69) is 15.2 Å². The van der Waals surface area contributed by atoms with E-state index in [1.807, 2.05) is 54.6 Å². The van der Waals surface area contributed by atoms with Crippen molar-refractivity contribution in [3.63, 3.8) is 0 Å². The predicted molar refractivity (Wildman–Crippen MR) is 102 cm³/mol. The van der Waals surface area contributed by atoms with Crippen LogP contribution < -0.4 is 5.32 Å². The number of likely N-dealkylation sites (tertiary alicyclic amines) is 1. The quantitative estimate of drug-likeness (QED) is 0.761. The van der Waals surface area contributed by atoms with Crippen molar-refractivity contribution in [1.82, 2.24) is 9.88 Å². The number of benzene rings is 2. The highest BCUT2D eigenvalue weighted by Crippen LogP contribution is 2.21. The summed E-state index contributed by atoms with van der Waals surface area (Å²) in [5.74, 6) is 0.403. The number of anilines is 1. The topological polar surface area (TPSA) is 65.5 Å². The third-order valence-corrected chi connectivity index (χ3v) is 4.78. The minimum absolute atomic E-state index is 0.169. The lowest BCUT2D eigenvalue weighted by molar-refractivity contribution is 0.102. The molecule has 1 amide bonds. The van der Waals surface area contributed by atoms with Crippen LogP contribution in [-0.2, 0) is 6.54 Å². The summed E-state index contributed by atoms with van der Waals surface area (Å²) in [7, 11) is 0. The Morgan fingerprint density at radius 2 is 1.96 bits per heavy atom. The van der Waals surface area contributed by atoms with Gasteiger partial charge in [0, 0.05) is 36.8 Å². The number of fused-ring (bicyclic) bond motifs is 1. The molecule has 132 valence electrons. The molecule has 0 bridgehead atoms. The van der Waals surface area contributed by atoms with Crippen LogP contribution in [0.15, 0.2) is 60.8 Å². The van der Waals surface area contributed by atoms with E-state index >= 15 is 0 Å². The molecule has 5 heteroatoms. The molecule has 4 rings (SSSR count). The molecule has 1 saturated heterocycles. The van der Waals surface area contributed by atoms with E-state index in [9.17, 15) is 9.90 Å². The Balaban J connectivity index is 1.46. The van der Waals surface area contributed by atoms with Crippen LogP contribution in [0.3, 0.4) is 0 Å². The molecule has 0 saturated carbocycles. The van der Waals surface area contributed by atoms with Crippen molar-refractivity contribution in [2.75, 3.05) is 18.4 Å². The van der Waals surface area contributed by atoms with Crippen LogP contribution >= 0.6 is 0 Å². The van der Waals surface area contributed by atoms with Crippen molar-refractivity contribution in [2.24, 2.45) is 0 Å². The van der Waals surface area contributed by atoms with Gasteiger partial charge in [-0.3, -0.25) is 9.69 Å². The third-order valence-electron chi connectivity index (χ3n) is 4.78. The maximum atomic E-state index is 12.6. The Labute approximate surface area is 152 Å². The minimum Gasteiger partial charge on any atom is -0.392 e. The number of carbonyl (C=O) groups is 1. The standard InChI is InChI=1S/C21H21N3O2/c25-18-10-12-24(14-18)13-15-5-7-17(8-6-15)21(26)23-20-19-4-2-1-3-16(19)9-11-22-20/h1-9,11,18,25H,10,12-14H2,(H,22,23,26)/t18-/m0/s1. The normalized spacial score (nSPS) is 17.5. The summed E-state index contributed by atoms with van der Waals surface area (Å²) in [5, 5.41) is 14.5. The van der Waals surface area contributed by atoms with Gasteiger partial charge in [-0.1, -0.05) is 36.4 Å². The number of hydrogen-bond acceptors (Lipinski definition) is 4. The van der Waals surface area contributed by atoms with Crippen molar-refractivity contribution in [3.05, 3.63) is 71.9 Å². The lowest BCUT2D eigenvalue weighted by Gasteiger charge is -2.15. The fraction of sp³-hybridized carbons (Fsp3) is 0.238. The molecular weight excluding hydrogens is 326 g/mol. The summed E-state index contributed by atoms with van der Waals surface area (Å²) >= 11 is 0. The lowest BCUT2D eigenvalue weighted by atomic mass is 10.1. The van der Waals surface area contributed by atoms with Crippen molar-refractivity contribution >= 4 is 22.5 Å². The number of hydrogen-bond donors (Lipinski definition) is 2. The zero-order chi connectivity index (χ0) is 17.9.